The van der Waals surface area contributed by atoms with Crippen LogP contribution in [0, 0.1) is 23.2 Å². The van der Waals surface area contributed by atoms with Gasteiger partial charge in [0.15, 0.2) is 0 Å². The van der Waals surface area contributed by atoms with Crippen molar-refractivity contribution in [3.8, 4) is 0 Å². The van der Waals surface area contributed by atoms with Gasteiger partial charge in [0.1, 0.15) is 0 Å². The fraction of sp³-hybridized carbons (Fsp3) is 1.00. The predicted octanol–water partition coefficient (Wildman–Crippen LogP) is 3.47. The summed E-state index contributed by atoms with van der Waals surface area (Å²) in [7, 11) is 3.24. The number of hydrogen-bond acceptors (Lipinski definition) is 0. The summed E-state index contributed by atoms with van der Waals surface area (Å²) in [6.07, 6.45) is 7.64. The minimum atomic E-state index is 0.602. The maximum atomic E-state index is 3.24. The van der Waals surface area contributed by atoms with Crippen LogP contribution < -0.4 is 0 Å². The van der Waals surface area contributed by atoms with E-state index < -0.39 is 0 Å². The van der Waals surface area contributed by atoms with Gasteiger partial charge >= 0.3 is 0 Å². The van der Waals surface area contributed by atoms with Gasteiger partial charge in [-0.15, -0.1) is 9.24 Å². The van der Waals surface area contributed by atoms with Gasteiger partial charge in [-0.05, 0) is 60.4 Å². The maximum absolute atomic E-state index is 3.24. The Balaban J connectivity index is 2.03. The van der Waals surface area contributed by atoms with E-state index in [1.54, 1.807) is 19.3 Å². The molecular formula is C12H21P. The predicted molar refractivity (Wildman–Crippen MR) is 59.8 cm³/mol. The van der Waals surface area contributed by atoms with Crippen molar-refractivity contribution in [3.05, 3.63) is 0 Å². The van der Waals surface area contributed by atoms with Gasteiger partial charge in [0, 0.05) is 0 Å². The van der Waals surface area contributed by atoms with Crippen LogP contribution in [0.5, 0.6) is 0 Å². The van der Waals surface area contributed by atoms with E-state index in [-0.39, 0.29) is 0 Å². The summed E-state index contributed by atoms with van der Waals surface area (Å²) >= 11 is 0. The van der Waals surface area contributed by atoms with Crippen molar-refractivity contribution >= 4 is 9.24 Å². The first-order valence-corrected chi connectivity index (χ1v) is 6.38. The third kappa shape index (κ3) is 0.965. The maximum Gasteiger partial charge on any atom is -0.00913 e. The zero-order chi connectivity index (χ0) is 9.27. The lowest BCUT2D eigenvalue weighted by Crippen LogP contribution is -2.58. The molecule has 3 unspecified atom stereocenters. The van der Waals surface area contributed by atoms with E-state index in [9.17, 15) is 0 Å². The molecule has 4 saturated carbocycles. The first kappa shape index (κ1) is 8.72. The van der Waals surface area contributed by atoms with E-state index in [2.05, 4.69) is 23.1 Å². The molecule has 4 fully saturated rings. The van der Waals surface area contributed by atoms with E-state index in [1.807, 2.05) is 0 Å². The van der Waals surface area contributed by atoms with Crippen LogP contribution in [0.3, 0.4) is 0 Å². The second kappa shape index (κ2) is 2.32. The summed E-state index contributed by atoms with van der Waals surface area (Å²) in [6.45, 7) is 5.03. The van der Waals surface area contributed by atoms with E-state index in [1.165, 1.54) is 12.8 Å². The van der Waals surface area contributed by atoms with Crippen LogP contribution in [0.25, 0.3) is 0 Å². The molecule has 0 heterocycles. The summed E-state index contributed by atoms with van der Waals surface area (Å²) in [6, 6.07) is 0. The highest BCUT2D eigenvalue weighted by Crippen LogP contribution is 2.67. The summed E-state index contributed by atoms with van der Waals surface area (Å²) in [5, 5.41) is 0.613. The molecule has 0 saturated heterocycles. The van der Waals surface area contributed by atoms with Crippen molar-refractivity contribution < 1.29 is 0 Å². The fourth-order valence-electron chi connectivity index (χ4n) is 4.53. The van der Waals surface area contributed by atoms with Crippen molar-refractivity contribution in [1.29, 1.82) is 0 Å². The van der Waals surface area contributed by atoms with Gasteiger partial charge in [-0.3, -0.25) is 0 Å². The van der Waals surface area contributed by atoms with Crippen LogP contribution in [-0.4, -0.2) is 5.16 Å². The number of hydrogen-bond donors (Lipinski definition) is 0. The van der Waals surface area contributed by atoms with Crippen molar-refractivity contribution in [2.75, 3.05) is 0 Å². The summed E-state index contributed by atoms with van der Waals surface area (Å²) in [4.78, 5) is 0. The largest absolute Gasteiger partial charge is 0.131 e. The molecule has 0 amide bonds. The minimum absolute atomic E-state index is 0.602. The first-order valence-electron chi connectivity index (χ1n) is 5.80. The molecule has 0 nitrogen and oxygen atoms in total. The van der Waals surface area contributed by atoms with Gasteiger partial charge in [0.2, 0.25) is 0 Å². The van der Waals surface area contributed by atoms with E-state index >= 15 is 0 Å². The van der Waals surface area contributed by atoms with Crippen LogP contribution in [0.15, 0.2) is 0 Å². The third-order valence-electron chi connectivity index (χ3n) is 5.51. The van der Waals surface area contributed by atoms with Crippen LogP contribution >= 0.6 is 9.24 Å². The smallest absolute Gasteiger partial charge is 0.00913 e. The van der Waals surface area contributed by atoms with Crippen molar-refractivity contribution in [1.82, 2.24) is 0 Å². The molecule has 0 aromatic carbocycles. The van der Waals surface area contributed by atoms with Gasteiger partial charge in [-0.2, -0.15) is 0 Å². The Morgan fingerprint density at radius 3 is 2.00 bits per heavy atom. The molecule has 13 heavy (non-hydrogen) atoms. The van der Waals surface area contributed by atoms with Crippen molar-refractivity contribution in [2.45, 2.75) is 51.1 Å². The molecule has 4 bridgehead atoms. The van der Waals surface area contributed by atoms with Gasteiger partial charge in [-0.1, -0.05) is 13.8 Å². The van der Waals surface area contributed by atoms with E-state index in [4.69, 9.17) is 0 Å². The Morgan fingerprint density at radius 2 is 1.54 bits per heavy atom. The van der Waals surface area contributed by atoms with Crippen LogP contribution in [0.4, 0.5) is 0 Å². The lowest BCUT2D eigenvalue weighted by Gasteiger charge is -2.64. The van der Waals surface area contributed by atoms with Gasteiger partial charge in [0.05, 0.1) is 0 Å². The summed E-state index contributed by atoms with van der Waals surface area (Å²) in [5.74, 6) is 3.21. The van der Waals surface area contributed by atoms with Crippen molar-refractivity contribution in [3.63, 3.8) is 0 Å². The van der Waals surface area contributed by atoms with E-state index in [0.717, 1.165) is 17.8 Å². The number of rotatable bonds is 0. The molecule has 0 N–H and O–H groups in total. The quantitative estimate of drug-likeness (QED) is 0.520. The molecule has 1 heteroatoms. The molecule has 4 rings (SSSR count). The highest BCUT2D eigenvalue weighted by molar-refractivity contribution is 7.19. The lowest BCUT2D eigenvalue weighted by molar-refractivity contribution is -0.0674. The summed E-state index contributed by atoms with van der Waals surface area (Å²) < 4.78 is 0. The SMILES string of the molecule is CC1(C)C2CC3CC(C2)CC1(P)C3. The van der Waals surface area contributed by atoms with Gasteiger partial charge in [-0.25, -0.2) is 0 Å². The Labute approximate surface area is 84.1 Å². The molecule has 0 aromatic rings. The third-order valence-corrected chi connectivity index (χ3v) is 6.73. The average molecular weight is 196 g/mol. The first-order chi connectivity index (χ1) is 6.01. The molecule has 0 aliphatic heterocycles. The molecule has 74 valence electrons. The monoisotopic (exact) mass is 196 g/mol. The Morgan fingerprint density at radius 1 is 1.00 bits per heavy atom. The Kier molecular flexibility index (Phi) is 1.56. The van der Waals surface area contributed by atoms with Crippen LogP contribution in [-0.2, 0) is 0 Å². The molecule has 0 aromatic heterocycles. The fourth-order valence-corrected chi connectivity index (χ4v) is 5.44. The second-order valence-electron chi connectivity index (χ2n) is 6.42. The van der Waals surface area contributed by atoms with E-state index in [0.29, 0.717) is 10.6 Å². The Bertz CT molecular complexity index is 230. The van der Waals surface area contributed by atoms with Crippen molar-refractivity contribution in [2.24, 2.45) is 23.2 Å². The molecule has 4 aliphatic rings. The van der Waals surface area contributed by atoms with Gasteiger partial charge < -0.3 is 0 Å². The molecule has 4 aliphatic carbocycles. The lowest BCUT2D eigenvalue weighted by atomic mass is 9.46. The standard InChI is InChI=1S/C12H21P/c1-11(2)10-4-8-3-9(5-10)7-12(11,13)6-8/h8-10H,3-7,13H2,1-2H3. The highest BCUT2D eigenvalue weighted by Gasteiger charge is 2.58. The topological polar surface area (TPSA) is 0 Å². The molecule has 3 atom stereocenters. The normalized spacial score (nSPS) is 57.0. The molecule has 0 spiro atoms. The van der Waals surface area contributed by atoms with Gasteiger partial charge in [0.25, 0.3) is 0 Å². The zero-order valence-electron chi connectivity index (χ0n) is 8.84. The minimum Gasteiger partial charge on any atom is -0.131 e. The van der Waals surface area contributed by atoms with Crippen LogP contribution in [0.1, 0.15) is 46.0 Å². The average Bonchev–Trinajstić information content (AvgIpc) is 1.99. The summed E-state index contributed by atoms with van der Waals surface area (Å²) in [5.41, 5.74) is 0.602. The molecular weight excluding hydrogens is 175 g/mol. The zero-order valence-corrected chi connectivity index (χ0v) is 10.00. The van der Waals surface area contributed by atoms with Crippen LogP contribution in [0.2, 0.25) is 0 Å². The Hall–Kier alpha value is 0.430. The molecule has 0 radical (unpaired) electrons. The second-order valence-corrected chi connectivity index (χ2v) is 7.53. The highest BCUT2D eigenvalue weighted by atomic mass is 31.0.